The van der Waals surface area contributed by atoms with Crippen molar-refractivity contribution in [1.29, 1.82) is 0 Å². The highest BCUT2D eigenvalue weighted by Crippen LogP contribution is 3.02. The second-order valence-electron chi connectivity index (χ2n) is 7.90. The van der Waals surface area contributed by atoms with Crippen LogP contribution in [0.5, 0.6) is 0 Å². The Bertz CT molecular complexity index is 959. The summed E-state index contributed by atoms with van der Waals surface area (Å²) in [5, 5.41) is 2.72. The fourth-order valence-corrected chi connectivity index (χ4v) is 4.29. The standard InChI is InChI=1S/C20H22F7N3OS/c1-30(16-4-6-17(7-5-16)32(23,24,25,26)27)18(14-3-2-12-28-13-14)19(31)29-15-8-10-20(21,22)11-9-15/h2-7,12-13,15,18H,8-11H2,1H3,(H,29,31). The van der Waals surface area contributed by atoms with Crippen molar-refractivity contribution in [3.05, 3.63) is 54.4 Å². The van der Waals surface area contributed by atoms with Gasteiger partial charge in [-0.05, 0) is 43.2 Å². The minimum absolute atomic E-state index is 0.0785. The Morgan fingerprint density at radius 1 is 1.09 bits per heavy atom. The van der Waals surface area contributed by atoms with Crippen LogP contribution in [-0.2, 0) is 4.79 Å². The Labute approximate surface area is 180 Å². The Kier molecular flexibility index (Phi) is 5.68. The van der Waals surface area contributed by atoms with Gasteiger partial charge < -0.3 is 10.2 Å². The number of alkyl halides is 2. The lowest BCUT2D eigenvalue weighted by Gasteiger charge is -2.40. The molecule has 0 radical (unpaired) electrons. The molecule has 0 aliphatic heterocycles. The van der Waals surface area contributed by atoms with Crippen molar-refractivity contribution in [2.75, 3.05) is 11.9 Å². The summed E-state index contributed by atoms with van der Waals surface area (Å²) in [7, 11) is -8.41. The van der Waals surface area contributed by atoms with Gasteiger partial charge in [-0.15, -0.1) is 0 Å². The molecule has 1 unspecified atom stereocenters. The van der Waals surface area contributed by atoms with Crippen LogP contribution in [0, 0.1) is 0 Å². The van der Waals surface area contributed by atoms with Gasteiger partial charge in [-0.2, -0.15) is 0 Å². The number of hydrogen-bond acceptors (Lipinski definition) is 3. The van der Waals surface area contributed by atoms with Gasteiger partial charge >= 0.3 is 10.2 Å². The molecular weight excluding hydrogens is 463 g/mol. The average Bonchev–Trinajstić information content (AvgIpc) is 2.69. The van der Waals surface area contributed by atoms with E-state index in [0.717, 1.165) is 12.1 Å². The maximum Gasteiger partial charge on any atom is 0.310 e. The minimum Gasteiger partial charge on any atom is -0.359 e. The molecule has 4 nitrogen and oxygen atoms in total. The number of pyridine rings is 1. The molecule has 0 saturated heterocycles. The summed E-state index contributed by atoms with van der Waals surface area (Å²) in [6.07, 6.45) is 2.30. The molecule has 1 fully saturated rings. The summed E-state index contributed by atoms with van der Waals surface area (Å²) in [5.74, 6) is -3.33. The number of nitrogens with zero attached hydrogens (tertiary/aromatic N) is 2. The predicted octanol–water partition coefficient (Wildman–Crippen LogP) is 6.61. The number of carbonyl (C=O) groups is 1. The number of hydrogen-bond donors (Lipinski definition) is 1. The van der Waals surface area contributed by atoms with Crippen molar-refractivity contribution in [1.82, 2.24) is 10.3 Å². The van der Waals surface area contributed by atoms with E-state index in [1.165, 1.54) is 24.3 Å². The third-order valence-electron chi connectivity index (χ3n) is 5.39. The Morgan fingerprint density at radius 3 is 2.19 bits per heavy atom. The van der Waals surface area contributed by atoms with E-state index in [0.29, 0.717) is 5.56 Å². The number of aromatic nitrogens is 1. The highest BCUT2D eigenvalue weighted by molar-refractivity contribution is 8.45. The lowest BCUT2D eigenvalue weighted by molar-refractivity contribution is -0.124. The highest BCUT2D eigenvalue weighted by atomic mass is 32.5. The second-order valence-corrected chi connectivity index (χ2v) is 10.3. The number of amides is 1. The molecule has 3 rings (SSSR count). The van der Waals surface area contributed by atoms with E-state index in [1.54, 1.807) is 12.1 Å². The van der Waals surface area contributed by atoms with Gasteiger partial charge in [0.1, 0.15) is 10.9 Å². The minimum atomic E-state index is -9.83. The van der Waals surface area contributed by atoms with E-state index < -0.39 is 39.0 Å². The summed E-state index contributed by atoms with van der Waals surface area (Å²) in [5.41, 5.74) is 0.472. The van der Waals surface area contributed by atoms with Gasteiger partial charge in [-0.1, -0.05) is 25.5 Å². The number of rotatable bonds is 6. The van der Waals surface area contributed by atoms with Crippen LogP contribution in [-0.4, -0.2) is 29.9 Å². The molecule has 1 aliphatic carbocycles. The number of carbonyl (C=O) groups excluding carboxylic acids is 1. The van der Waals surface area contributed by atoms with Gasteiger partial charge in [-0.3, -0.25) is 9.78 Å². The molecule has 0 bridgehead atoms. The van der Waals surface area contributed by atoms with Crippen LogP contribution in [0.2, 0.25) is 0 Å². The van der Waals surface area contributed by atoms with Crippen molar-refractivity contribution in [3.8, 4) is 0 Å². The predicted molar refractivity (Wildman–Crippen MR) is 109 cm³/mol. The van der Waals surface area contributed by atoms with Crippen LogP contribution in [0.1, 0.15) is 37.3 Å². The van der Waals surface area contributed by atoms with Gasteiger partial charge in [0.05, 0.1) is 0 Å². The number of anilines is 1. The molecule has 1 aromatic carbocycles. The topological polar surface area (TPSA) is 45.2 Å². The first kappa shape index (κ1) is 24.1. The monoisotopic (exact) mass is 485 g/mol. The van der Waals surface area contributed by atoms with Gasteiger partial charge in [0.25, 0.3) is 0 Å². The number of nitrogens with one attached hydrogen (secondary N) is 1. The summed E-state index contributed by atoms with van der Waals surface area (Å²) in [6, 6.07) is 3.83. The Hall–Kier alpha value is -2.50. The van der Waals surface area contributed by atoms with E-state index in [1.807, 2.05) is 0 Å². The summed E-state index contributed by atoms with van der Waals surface area (Å²) in [4.78, 5) is 16.3. The van der Waals surface area contributed by atoms with Crippen molar-refractivity contribution in [2.24, 2.45) is 0 Å². The van der Waals surface area contributed by atoms with Crippen LogP contribution in [0.15, 0.2) is 53.7 Å². The van der Waals surface area contributed by atoms with Gasteiger partial charge in [0.15, 0.2) is 0 Å². The van der Waals surface area contributed by atoms with Gasteiger partial charge in [-0.25, -0.2) is 8.78 Å². The van der Waals surface area contributed by atoms with E-state index in [-0.39, 0.29) is 43.5 Å². The summed E-state index contributed by atoms with van der Waals surface area (Å²) in [6.45, 7) is 0. The van der Waals surface area contributed by atoms with E-state index >= 15 is 0 Å². The molecule has 1 heterocycles. The number of benzene rings is 1. The molecule has 12 heteroatoms. The maximum atomic E-state index is 13.4. The molecule has 2 aromatic rings. The van der Waals surface area contributed by atoms with Crippen LogP contribution in [0.4, 0.5) is 33.9 Å². The first-order valence-electron chi connectivity index (χ1n) is 9.71. The third-order valence-corrected chi connectivity index (χ3v) is 6.55. The largest absolute Gasteiger partial charge is 0.359 e. The Morgan fingerprint density at radius 2 is 1.69 bits per heavy atom. The zero-order chi connectivity index (χ0) is 23.8. The summed E-state index contributed by atoms with van der Waals surface area (Å²) >= 11 is 0. The quantitative estimate of drug-likeness (QED) is 0.469. The Balaban J connectivity index is 1.85. The van der Waals surface area contributed by atoms with Crippen molar-refractivity contribution in [2.45, 2.75) is 48.6 Å². The normalized spacial score (nSPS) is 20.0. The van der Waals surface area contributed by atoms with E-state index in [9.17, 15) is 33.0 Å². The van der Waals surface area contributed by atoms with Gasteiger partial charge in [0, 0.05) is 49.6 Å². The van der Waals surface area contributed by atoms with Crippen molar-refractivity contribution >= 4 is 21.8 Å². The fourth-order valence-electron chi connectivity index (χ4n) is 3.64. The van der Waals surface area contributed by atoms with E-state index in [4.69, 9.17) is 0 Å². The first-order valence-corrected chi connectivity index (χ1v) is 11.7. The SMILES string of the molecule is CN(c1ccc(S(F)(F)(F)(F)F)cc1)C(C(=O)NC1CCC(F)(F)CC1)c1cccnc1. The smallest absolute Gasteiger partial charge is 0.310 e. The third kappa shape index (κ3) is 5.84. The maximum absolute atomic E-state index is 13.4. The summed E-state index contributed by atoms with van der Waals surface area (Å²) < 4.78 is 91.8. The fraction of sp³-hybridized carbons (Fsp3) is 0.400. The second kappa shape index (κ2) is 7.53. The molecular formula is C20H22F7N3OS. The van der Waals surface area contributed by atoms with Crippen LogP contribution >= 0.6 is 10.2 Å². The lowest BCUT2D eigenvalue weighted by atomic mass is 9.92. The molecule has 1 atom stereocenters. The average molecular weight is 485 g/mol. The van der Waals surface area contributed by atoms with Crippen molar-refractivity contribution in [3.63, 3.8) is 0 Å². The zero-order valence-corrected chi connectivity index (χ0v) is 17.8. The number of halogens is 7. The molecule has 0 spiro atoms. The molecule has 1 N–H and O–H groups in total. The van der Waals surface area contributed by atoms with Crippen molar-refractivity contribution < 1.29 is 33.0 Å². The molecule has 1 amide bonds. The zero-order valence-electron chi connectivity index (χ0n) is 17.0. The van der Waals surface area contributed by atoms with E-state index in [2.05, 4.69) is 10.3 Å². The first-order chi connectivity index (χ1) is 14.6. The van der Waals surface area contributed by atoms with Crippen LogP contribution < -0.4 is 10.2 Å². The van der Waals surface area contributed by atoms with Crippen LogP contribution in [0.25, 0.3) is 0 Å². The molecule has 1 saturated carbocycles. The lowest BCUT2D eigenvalue weighted by Crippen LogP contribution is -2.46. The van der Waals surface area contributed by atoms with Gasteiger partial charge in [0.2, 0.25) is 11.8 Å². The molecule has 32 heavy (non-hydrogen) atoms. The molecule has 1 aromatic heterocycles. The van der Waals surface area contributed by atoms with Crippen LogP contribution in [0.3, 0.4) is 0 Å². The number of likely N-dealkylation sites (N-methyl/N-ethyl adjacent to an activating group) is 1. The molecule has 178 valence electrons. The highest BCUT2D eigenvalue weighted by Gasteiger charge is 2.65. The molecule has 1 aliphatic rings.